The highest BCUT2D eigenvalue weighted by molar-refractivity contribution is 5.94. The zero-order valence-electron chi connectivity index (χ0n) is 16.7. The van der Waals surface area contributed by atoms with Gasteiger partial charge in [-0.05, 0) is 50.1 Å². The SMILES string of the molecule is CC(=O)c1ccc(N=Nc2c(C)c(C#N)c(O)n(CCc3ccccc3)c2=O)cc1. The predicted octanol–water partition coefficient (Wildman–Crippen LogP) is 4.59. The third-order valence-electron chi connectivity index (χ3n) is 4.78. The Bertz CT molecular complexity index is 1200. The first-order valence-corrected chi connectivity index (χ1v) is 9.35. The Kier molecular flexibility index (Phi) is 6.18. The topological polar surface area (TPSA) is 108 Å². The molecular weight excluding hydrogens is 380 g/mol. The molecule has 1 aromatic heterocycles. The van der Waals surface area contributed by atoms with Crippen molar-refractivity contribution in [3.63, 3.8) is 0 Å². The Balaban J connectivity index is 1.98. The molecule has 0 amide bonds. The van der Waals surface area contributed by atoms with E-state index in [1.54, 1.807) is 31.2 Å². The van der Waals surface area contributed by atoms with Gasteiger partial charge in [-0.15, -0.1) is 5.11 Å². The standard InChI is InChI=1S/C23H20N4O3/c1-15-20(14-24)22(29)27(13-12-17-6-4-3-5-7-17)23(30)21(15)26-25-19-10-8-18(9-11-19)16(2)28/h3-11,29H,12-13H2,1-2H3. The van der Waals surface area contributed by atoms with Crippen molar-refractivity contribution < 1.29 is 9.90 Å². The lowest BCUT2D eigenvalue weighted by atomic mass is 10.1. The van der Waals surface area contributed by atoms with Crippen LogP contribution in [0.2, 0.25) is 0 Å². The van der Waals surface area contributed by atoms with Crippen LogP contribution in [0.4, 0.5) is 11.4 Å². The molecule has 2 aromatic carbocycles. The Morgan fingerprint density at radius 2 is 1.77 bits per heavy atom. The molecular formula is C23H20N4O3. The number of benzene rings is 2. The Morgan fingerprint density at radius 3 is 2.37 bits per heavy atom. The number of aromatic nitrogens is 1. The lowest BCUT2D eigenvalue weighted by Gasteiger charge is -2.13. The van der Waals surface area contributed by atoms with Gasteiger partial charge >= 0.3 is 0 Å². The minimum Gasteiger partial charge on any atom is -0.493 e. The lowest BCUT2D eigenvalue weighted by Crippen LogP contribution is -2.22. The number of aryl methyl sites for hydroxylation is 1. The lowest BCUT2D eigenvalue weighted by molar-refractivity contribution is 0.101. The Labute approximate surface area is 173 Å². The van der Waals surface area contributed by atoms with Crippen LogP contribution in [-0.2, 0) is 13.0 Å². The quantitative estimate of drug-likeness (QED) is 0.482. The van der Waals surface area contributed by atoms with Crippen molar-refractivity contribution in [2.45, 2.75) is 26.8 Å². The number of hydrogen-bond donors (Lipinski definition) is 1. The summed E-state index contributed by atoms with van der Waals surface area (Å²) in [6.07, 6.45) is 0.505. The van der Waals surface area contributed by atoms with Gasteiger partial charge in [0, 0.05) is 17.7 Å². The summed E-state index contributed by atoms with van der Waals surface area (Å²) in [7, 11) is 0. The van der Waals surface area contributed by atoms with Crippen molar-refractivity contribution in [2.75, 3.05) is 0 Å². The van der Waals surface area contributed by atoms with E-state index in [-0.39, 0.29) is 35.0 Å². The molecule has 0 unspecified atom stereocenters. The van der Waals surface area contributed by atoms with Gasteiger partial charge in [0.2, 0.25) is 5.88 Å². The van der Waals surface area contributed by atoms with Crippen LogP contribution in [0.1, 0.15) is 34.0 Å². The highest BCUT2D eigenvalue weighted by Gasteiger charge is 2.19. The largest absolute Gasteiger partial charge is 0.493 e. The van der Waals surface area contributed by atoms with Gasteiger partial charge in [0.1, 0.15) is 11.6 Å². The molecule has 1 N–H and O–H groups in total. The highest BCUT2D eigenvalue weighted by Crippen LogP contribution is 2.27. The fraction of sp³-hybridized carbons (Fsp3) is 0.174. The van der Waals surface area contributed by atoms with Crippen LogP contribution in [0.15, 0.2) is 69.6 Å². The number of hydrogen-bond acceptors (Lipinski definition) is 6. The van der Waals surface area contributed by atoms with E-state index < -0.39 is 5.56 Å². The fourth-order valence-electron chi connectivity index (χ4n) is 3.02. The molecule has 150 valence electrons. The average molecular weight is 400 g/mol. The monoisotopic (exact) mass is 400 g/mol. The maximum absolute atomic E-state index is 13.0. The van der Waals surface area contributed by atoms with Gasteiger partial charge in [-0.2, -0.15) is 10.4 Å². The smallest absolute Gasteiger partial charge is 0.281 e. The highest BCUT2D eigenvalue weighted by atomic mass is 16.3. The first-order valence-electron chi connectivity index (χ1n) is 9.35. The molecule has 0 radical (unpaired) electrons. The average Bonchev–Trinajstić information content (AvgIpc) is 2.75. The van der Waals surface area contributed by atoms with E-state index in [0.29, 0.717) is 17.7 Å². The third-order valence-corrected chi connectivity index (χ3v) is 4.78. The summed E-state index contributed by atoms with van der Waals surface area (Å²) < 4.78 is 1.14. The van der Waals surface area contributed by atoms with Crippen LogP contribution < -0.4 is 5.56 Å². The number of Topliss-reactive ketones (excluding diaryl/α,β-unsaturated/α-hetero) is 1. The Morgan fingerprint density at radius 1 is 1.10 bits per heavy atom. The molecule has 0 saturated carbocycles. The van der Waals surface area contributed by atoms with Gasteiger partial charge in [0.25, 0.3) is 5.56 Å². The molecule has 30 heavy (non-hydrogen) atoms. The number of carbonyl (C=O) groups is 1. The summed E-state index contributed by atoms with van der Waals surface area (Å²) in [6.45, 7) is 3.21. The molecule has 7 heteroatoms. The minimum atomic E-state index is -0.524. The molecule has 7 nitrogen and oxygen atoms in total. The van der Waals surface area contributed by atoms with Gasteiger partial charge < -0.3 is 5.11 Å². The van der Waals surface area contributed by atoms with Gasteiger partial charge in [-0.25, -0.2) is 0 Å². The molecule has 1 heterocycles. The van der Waals surface area contributed by atoms with Crippen LogP contribution in [0.3, 0.4) is 0 Å². The van der Waals surface area contributed by atoms with E-state index in [4.69, 9.17) is 0 Å². The number of aromatic hydroxyl groups is 1. The van der Waals surface area contributed by atoms with Crippen LogP contribution >= 0.6 is 0 Å². The number of ketones is 1. The zero-order valence-corrected chi connectivity index (χ0v) is 16.7. The van der Waals surface area contributed by atoms with Gasteiger partial charge in [-0.3, -0.25) is 14.2 Å². The fourth-order valence-corrected chi connectivity index (χ4v) is 3.02. The van der Waals surface area contributed by atoms with Crippen molar-refractivity contribution in [1.29, 1.82) is 5.26 Å². The van der Waals surface area contributed by atoms with Crippen molar-refractivity contribution in [2.24, 2.45) is 10.2 Å². The molecule has 0 spiro atoms. The maximum atomic E-state index is 13.0. The van der Waals surface area contributed by atoms with Crippen molar-refractivity contribution >= 4 is 17.2 Å². The van der Waals surface area contributed by atoms with Crippen LogP contribution in [-0.4, -0.2) is 15.5 Å². The third kappa shape index (κ3) is 4.33. The van der Waals surface area contributed by atoms with Crippen molar-refractivity contribution in [3.05, 3.63) is 87.2 Å². The second-order valence-electron chi connectivity index (χ2n) is 6.78. The number of nitrogens with zero attached hydrogens (tertiary/aromatic N) is 4. The van der Waals surface area contributed by atoms with Gasteiger partial charge in [0.15, 0.2) is 11.5 Å². The summed E-state index contributed by atoms with van der Waals surface area (Å²) in [5, 5.41) is 28.1. The second-order valence-corrected chi connectivity index (χ2v) is 6.78. The second kappa shape index (κ2) is 8.97. The molecule has 0 aliphatic rings. The van der Waals surface area contributed by atoms with Crippen LogP contribution in [0.5, 0.6) is 5.88 Å². The van der Waals surface area contributed by atoms with E-state index in [0.717, 1.165) is 10.1 Å². The summed E-state index contributed by atoms with van der Waals surface area (Å²) >= 11 is 0. The minimum absolute atomic E-state index is 0.00643. The molecule has 0 aliphatic heterocycles. The molecule has 0 fully saturated rings. The predicted molar refractivity (Wildman–Crippen MR) is 113 cm³/mol. The summed E-state index contributed by atoms with van der Waals surface area (Å²) in [6, 6.07) is 18.0. The zero-order chi connectivity index (χ0) is 21.7. The van der Waals surface area contributed by atoms with Crippen molar-refractivity contribution in [1.82, 2.24) is 4.57 Å². The molecule has 0 atom stereocenters. The summed E-state index contributed by atoms with van der Waals surface area (Å²) in [4.78, 5) is 24.3. The van der Waals surface area contributed by atoms with E-state index in [2.05, 4.69) is 10.2 Å². The number of nitriles is 1. The van der Waals surface area contributed by atoms with Crippen LogP contribution in [0, 0.1) is 18.3 Å². The van der Waals surface area contributed by atoms with E-state index >= 15 is 0 Å². The normalized spacial score (nSPS) is 10.8. The van der Waals surface area contributed by atoms with Crippen molar-refractivity contribution in [3.8, 4) is 11.9 Å². The van der Waals surface area contributed by atoms with Gasteiger partial charge in [0.05, 0.1) is 5.69 Å². The van der Waals surface area contributed by atoms with Crippen LogP contribution in [0.25, 0.3) is 0 Å². The summed E-state index contributed by atoms with van der Waals surface area (Å²) in [5.74, 6) is -0.437. The molecule has 0 saturated heterocycles. The number of carbonyl (C=O) groups excluding carboxylic acids is 1. The summed E-state index contributed by atoms with van der Waals surface area (Å²) in [5.41, 5.74) is 1.73. The van der Waals surface area contributed by atoms with Gasteiger partial charge in [-0.1, -0.05) is 30.3 Å². The van der Waals surface area contributed by atoms with E-state index in [9.17, 15) is 20.0 Å². The molecule has 0 bridgehead atoms. The maximum Gasteiger partial charge on any atom is 0.281 e. The number of rotatable bonds is 6. The Hall–Kier alpha value is -4.05. The molecule has 3 rings (SSSR count). The van der Waals surface area contributed by atoms with E-state index in [1.165, 1.54) is 6.92 Å². The number of pyridine rings is 1. The molecule has 3 aromatic rings. The first-order chi connectivity index (χ1) is 14.4. The number of azo groups is 1. The van der Waals surface area contributed by atoms with E-state index in [1.807, 2.05) is 36.4 Å². The first kappa shape index (κ1) is 20.7. The molecule has 0 aliphatic carbocycles.